The van der Waals surface area contributed by atoms with Gasteiger partial charge in [-0.15, -0.1) is 11.3 Å². The van der Waals surface area contributed by atoms with Gasteiger partial charge in [0, 0.05) is 46.2 Å². The van der Waals surface area contributed by atoms with Crippen molar-refractivity contribution in [2.75, 3.05) is 7.05 Å². The van der Waals surface area contributed by atoms with Gasteiger partial charge in [0.05, 0.1) is 11.4 Å². The lowest BCUT2D eigenvalue weighted by atomic mass is 9.90. The van der Waals surface area contributed by atoms with Crippen LogP contribution in [0.4, 0.5) is 0 Å². The van der Waals surface area contributed by atoms with Crippen LogP contribution in [0, 0.1) is 25.7 Å². The van der Waals surface area contributed by atoms with Gasteiger partial charge in [-0.2, -0.15) is 0 Å². The standard InChI is InChI=1S/C30H33N3OS/c1-19-17-22-11-10-14-24(20(2)29(34)32(7)30(4,5)6)28(33(31)23-12-8-9-13-23)27(22)18-26(19)25-15-16-35-21(25)3/h8,12-13,15-18H,2,9,14,31H2,1,3-7H3. The molecule has 0 saturated carbocycles. The van der Waals surface area contributed by atoms with Gasteiger partial charge in [0.2, 0.25) is 0 Å². The van der Waals surface area contributed by atoms with Crippen molar-refractivity contribution in [3.8, 4) is 23.0 Å². The number of aryl methyl sites for hydroxylation is 2. The zero-order chi connectivity index (χ0) is 25.5. The molecule has 0 unspecified atom stereocenters. The topological polar surface area (TPSA) is 49.6 Å². The Morgan fingerprint density at radius 3 is 2.51 bits per heavy atom. The van der Waals surface area contributed by atoms with Crippen LogP contribution in [0.15, 0.2) is 65.2 Å². The first-order valence-electron chi connectivity index (χ1n) is 11.8. The van der Waals surface area contributed by atoms with Crippen molar-refractivity contribution in [1.29, 1.82) is 0 Å². The molecule has 4 nitrogen and oxygen atoms in total. The molecule has 1 aromatic heterocycles. The van der Waals surface area contributed by atoms with Gasteiger partial charge in [0.25, 0.3) is 5.91 Å². The fourth-order valence-electron chi connectivity index (χ4n) is 4.35. The average Bonchev–Trinajstić information content (AvgIpc) is 3.45. The number of nitrogens with zero attached hydrogens (tertiary/aromatic N) is 2. The predicted molar refractivity (Wildman–Crippen MR) is 147 cm³/mol. The van der Waals surface area contributed by atoms with Gasteiger partial charge in [-0.05, 0) is 87.4 Å². The van der Waals surface area contributed by atoms with E-state index in [0.29, 0.717) is 12.0 Å². The van der Waals surface area contributed by atoms with Gasteiger partial charge in [-0.25, -0.2) is 5.84 Å². The molecule has 1 amide bonds. The lowest BCUT2D eigenvalue weighted by Crippen LogP contribution is -2.43. The van der Waals surface area contributed by atoms with Crippen molar-refractivity contribution in [2.45, 2.75) is 53.0 Å². The molecule has 35 heavy (non-hydrogen) atoms. The Balaban J connectivity index is 1.96. The number of allylic oxidation sites excluding steroid dienone is 3. The summed E-state index contributed by atoms with van der Waals surface area (Å²) in [7, 11) is 1.81. The monoisotopic (exact) mass is 483 g/mol. The van der Waals surface area contributed by atoms with Crippen LogP contribution in [0.3, 0.4) is 0 Å². The minimum absolute atomic E-state index is 0.124. The van der Waals surface area contributed by atoms with Crippen LogP contribution in [0.2, 0.25) is 0 Å². The Kier molecular flexibility index (Phi) is 6.64. The van der Waals surface area contributed by atoms with Gasteiger partial charge in [0.1, 0.15) is 0 Å². The van der Waals surface area contributed by atoms with Crippen LogP contribution in [-0.2, 0) is 4.79 Å². The molecule has 0 aliphatic heterocycles. The second-order valence-corrected chi connectivity index (χ2v) is 11.2. The first-order valence-corrected chi connectivity index (χ1v) is 12.7. The van der Waals surface area contributed by atoms with Crippen LogP contribution >= 0.6 is 11.3 Å². The van der Waals surface area contributed by atoms with Crippen molar-refractivity contribution in [1.82, 2.24) is 9.91 Å². The van der Waals surface area contributed by atoms with E-state index < -0.39 is 0 Å². The maximum absolute atomic E-state index is 13.5. The van der Waals surface area contributed by atoms with Crippen LogP contribution in [0.5, 0.6) is 0 Å². The Labute approximate surface area is 213 Å². The van der Waals surface area contributed by atoms with Gasteiger partial charge in [-0.1, -0.05) is 30.6 Å². The zero-order valence-electron chi connectivity index (χ0n) is 21.5. The molecule has 2 N–H and O–H groups in total. The van der Waals surface area contributed by atoms with E-state index in [4.69, 9.17) is 5.84 Å². The summed E-state index contributed by atoms with van der Waals surface area (Å²) in [6, 6.07) is 6.47. The van der Waals surface area contributed by atoms with E-state index in [9.17, 15) is 4.79 Å². The molecule has 0 bridgehead atoms. The number of nitrogens with two attached hydrogens (primary N) is 1. The number of fused-ring (bicyclic) bond motifs is 1. The second-order valence-electron chi connectivity index (χ2n) is 10.1. The van der Waals surface area contributed by atoms with Gasteiger partial charge >= 0.3 is 0 Å². The Hall–Kier alpha value is -3.33. The number of hydrogen-bond donors (Lipinski definition) is 1. The minimum atomic E-state index is -0.338. The number of amides is 1. The highest BCUT2D eigenvalue weighted by atomic mass is 32.1. The van der Waals surface area contributed by atoms with E-state index in [0.717, 1.165) is 45.6 Å². The van der Waals surface area contributed by atoms with Crippen molar-refractivity contribution >= 4 is 22.9 Å². The van der Waals surface area contributed by atoms with E-state index in [1.54, 1.807) is 21.2 Å². The summed E-state index contributed by atoms with van der Waals surface area (Å²) in [6.45, 7) is 14.5. The largest absolute Gasteiger partial charge is 0.337 e. The molecule has 2 aliphatic carbocycles. The zero-order valence-corrected chi connectivity index (χ0v) is 22.3. The molecular weight excluding hydrogens is 450 g/mol. The highest BCUT2D eigenvalue weighted by molar-refractivity contribution is 7.10. The fraction of sp³-hybridized carbons (Fsp3) is 0.300. The molecule has 2 aromatic rings. The lowest BCUT2D eigenvalue weighted by molar-refractivity contribution is -0.129. The molecule has 5 heteroatoms. The highest BCUT2D eigenvalue weighted by Gasteiger charge is 2.30. The molecule has 0 spiro atoms. The molecule has 180 valence electrons. The SMILES string of the molecule is C=C(C(=O)N(C)C(C)(C)C)C1=C(N(N)C2=CCC=C2)c2cc(-c3ccsc3C)c(C)cc2C#CC1. The summed E-state index contributed by atoms with van der Waals surface area (Å²) >= 11 is 1.73. The van der Waals surface area contributed by atoms with Crippen LogP contribution < -0.4 is 5.84 Å². The van der Waals surface area contributed by atoms with Crippen molar-refractivity contribution in [3.05, 3.63) is 86.8 Å². The Morgan fingerprint density at radius 2 is 1.91 bits per heavy atom. The number of carbonyl (C=O) groups excluding carboxylic acids is 1. The second kappa shape index (κ2) is 9.37. The molecule has 4 rings (SSSR count). The van der Waals surface area contributed by atoms with Gasteiger partial charge in [-0.3, -0.25) is 9.80 Å². The number of hydrogen-bond acceptors (Lipinski definition) is 4. The van der Waals surface area contributed by atoms with Crippen molar-refractivity contribution in [2.24, 2.45) is 5.84 Å². The quantitative estimate of drug-likeness (QED) is 0.234. The molecule has 1 heterocycles. The van der Waals surface area contributed by atoms with E-state index in [-0.39, 0.29) is 11.4 Å². The van der Waals surface area contributed by atoms with E-state index >= 15 is 0 Å². The Morgan fingerprint density at radius 1 is 1.17 bits per heavy atom. The van der Waals surface area contributed by atoms with Crippen LogP contribution in [-0.4, -0.2) is 28.4 Å². The van der Waals surface area contributed by atoms with Gasteiger partial charge in [0.15, 0.2) is 0 Å². The molecule has 0 fully saturated rings. The fourth-order valence-corrected chi connectivity index (χ4v) is 5.06. The minimum Gasteiger partial charge on any atom is -0.337 e. The number of rotatable bonds is 5. The maximum Gasteiger partial charge on any atom is 0.253 e. The third-order valence-corrected chi connectivity index (χ3v) is 7.59. The third-order valence-electron chi connectivity index (χ3n) is 6.75. The molecule has 1 aromatic carbocycles. The summed E-state index contributed by atoms with van der Waals surface area (Å²) in [5, 5.41) is 3.81. The highest BCUT2D eigenvalue weighted by Crippen LogP contribution is 2.39. The van der Waals surface area contributed by atoms with Gasteiger partial charge < -0.3 is 4.90 Å². The third kappa shape index (κ3) is 4.65. The number of likely N-dealkylation sites (N-methyl/N-ethyl adjacent to an activating group) is 1. The molecular formula is C30H33N3OS. The number of benzene rings is 1. The molecule has 0 saturated heterocycles. The Bertz CT molecular complexity index is 1370. The summed E-state index contributed by atoms with van der Waals surface area (Å²) in [5.74, 6) is 13.3. The van der Waals surface area contributed by atoms with E-state index in [1.807, 2.05) is 33.9 Å². The summed E-state index contributed by atoms with van der Waals surface area (Å²) in [6.07, 6.45) is 7.39. The molecule has 2 aliphatic rings. The van der Waals surface area contributed by atoms with E-state index in [2.05, 4.69) is 68.0 Å². The van der Waals surface area contributed by atoms with Crippen molar-refractivity contribution in [3.63, 3.8) is 0 Å². The molecule has 0 radical (unpaired) electrons. The number of hydrazine groups is 1. The number of thiophene rings is 1. The summed E-state index contributed by atoms with van der Waals surface area (Å²) < 4.78 is 0. The van der Waals surface area contributed by atoms with E-state index in [1.165, 1.54) is 10.4 Å². The average molecular weight is 484 g/mol. The maximum atomic E-state index is 13.5. The van der Waals surface area contributed by atoms with Crippen molar-refractivity contribution < 1.29 is 4.79 Å². The first kappa shape index (κ1) is 24.8. The number of carbonyl (C=O) groups is 1. The summed E-state index contributed by atoms with van der Waals surface area (Å²) in [4.78, 5) is 16.5. The predicted octanol–water partition coefficient (Wildman–Crippen LogP) is 6.33. The smallest absolute Gasteiger partial charge is 0.253 e. The normalized spacial score (nSPS) is 14.7. The summed E-state index contributed by atoms with van der Waals surface area (Å²) in [5.41, 5.74) is 7.86. The molecule has 0 atom stereocenters. The van der Waals surface area contributed by atoms with Crippen LogP contribution in [0.1, 0.15) is 55.2 Å². The first-order chi connectivity index (χ1) is 16.5. The van der Waals surface area contributed by atoms with Crippen LogP contribution in [0.25, 0.3) is 16.8 Å². The lowest BCUT2D eigenvalue weighted by Gasteiger charge is -2.34.